The van der Waals surface area contributed by atoms with Crippen LogP contribution in [0.5, 0.6) is 0 Å². The molecule has 0 amide bonds. The molecule has 1 aromatic heterocycles. The number of hydrogen-bond acceptors (Lipinski definition) is 2. The number of hydrogen-bond donors (Lipinski definition) is 1. The van der Waals surface area contributed by atoms with Gasteiger partial charge in [0.25, 0.3) is 0 Å². The molecule has 1 heterocycles. The lowest BCUT2D eigenvalue weighted by atomic mass is 9.86. The first-order valence-corrected chi connectivity index (χ1v) is 7.24. The standard InChI is InChI=1S/C14H24OS/c1-4-6-8-12(5-2)11-14(3,15)13-9-7-10-16-13/h7,9-10,12,15H,4-6,8,11H2,1-3H3. The minimum absolute atomic E-state index is 0.636. The Bertz CT molecular complexity index is 277. The third-order valence-corrected chi connectivity index (χ3v) is 4.40. The molecule has 2 atom stereocenters. The second kappa shape index (κ2) is 6.41. The van der Waals surface area contributed by atoms with Crippen LogP contribution in [0, 0.1) is 5.92 Å². The molecule has 0 fully saturated rings. The Balaban J connectivity index is 2.56. The Morgan fingerprint density at radius 1 is 1.44 bits per heavy atom. The van der Waals surface area contributed by atoms with E-state index in [4.69, 9.17) is 0 Å². The maximum absolute atomic E-state index is 10.5. The summed E-state index contributed by atoms with van der Waals surface area (Å²) in [6.45, 7) is 6.41. The molecule has 92 valence electrons. The highest BCUT2D eigenvalue weighted by atomic mass is 32.1. The van der Waals surface area contributed by atoms with Crippen LogP contribution >= 0.6 is 11.3 Å². The molecular formula is C14H24OS. The van der Waals surface area contributed by atoms with Crippen molar-refractivity contribution in [2.75, 3.05) is 0 Å². The van der Waals surface area contributed by atoms with Crippen molar-refractivity contribution in [1.29, 1.82) is 0 Å². The summed E-state index contributed by atoms with van der Waals surface area (Å²) in [4.78, 5) is 1.10. The van der Waals surface area contributed by atoms with Crippen LogP contribution in [0.25, 0.3) is 0 Å². The first-order chi connectivity index (χ1) is 7.60. The van der Waals surface area contributed by atoms with E-state index in [1.165, 1.54) is 25.7 Å². The van der Waals surface area contributed by atoms with Gasteiger partial charge in [0.2, 0.25) is 0 Å². The predicted molar refractivity (Wildman–Crippen MR) is 71.8 cm³/mol. The summed E-state index contributed by atoms with van der Waals surface area (Å²) in [7, 11) is 0. The van der Waals surface area contributed by atoms with Gasteiger partial charge in [-0.15, -0.1) is 11.3 Å². The summed E-state index contributed by atoms with van der Waals surface area (Å²) < 4.78 is 0. The topological polar surface area (TPSA) is 20.2 Å². The van der Waals surface area contributed by atoms with Gasteiger partial charge < -0.3 is 5.11 Å². The summed E-state index contributed by atoms with van der Waals surface area (Å²) in [6.07, 6.45) is 5.83. The van der Waals surface area contributed by atoms with Crippen molar-refractivity contribution in [2.45, 2.75) is 58.5 Å². The van der Waals surface area contributed by atoms with Gasteiger partial charge in [-0.25, -0.2) is 0 Å². The highest BCUT2D eigenvalue weighted by Gasteiger charge is 2.27. The molecule has 0 saturated heterocycles. The van der Waals surface area contributed by atoms with E-state index >= 15 is 0 Å². The summed E-state index contributed by atoms with van der Waals surface area (Å²) in [5.74, 6) is 0.650. The third kappa shape index (κ3) is 3.91. The van der Waals surface area contributed by atoms with E-state index in [1.54, 1.807) is 11.3 Å². The molecule has 0 bridgehead atoms. The molecule has 0 aromatic carbocycles. The van der Waals surface area contributed by atoms with E-state index in [1.807, 2.05) is 24.4 Å². The molecular weight excluding hydrogens is 216 g/mol. The van der Waals surface area contributed by atoms with Crippen LogP contribution in [-0.4, -0.2) is 5.11 Å². The first-order valence-electron chi connectivity index (χ1n) is 6.36. The largest absolute Gasteiger partial charge is 0.385 e. The van der Waals surface area contributed by atoms with Gasteiger partial charge in [0.1, 0.15) is 0 Å². The molecule has 2 heteroatoms. The number of rotatable bonds is 7. The Morgan fingerprint density at radius 3 is 2.69 bits per heavy atom. The van der Waals surface area contributed by atoms with Crippen LogP contribution in [-0.2, 0) is 5.60 Å². The molecule has 1 N–H and O–H groups in total. The smallest absolute Gasteiger partial charge is 0.0962 e. The van der Waals surface area contributed by atoms with Crippen molar-refractivity contribution in [3.05, 3.63) is 22.4 Å². The van der Waals surface area contributed by atoms with Gasteiger partial charge in [-0.05, 0) is 30.7 Å². The average Bonchev–Trinajstić information content (AvgIpc) is 2.78. The van der Waals surface area contributed by atoms with Crippen LogP contribution < -0.4 is 0 Å². The fourth-order valence-electron chi connectivity index (χ4n) is 2.19. The normalized spacial score (nSPS) is 17.0. The summed E-state index contributed by atoms with van der Waals surface area (Å²) in [5.41, 5.74) is -0.636. The van der Waals surface area contributed by atoms with E-state index < -0.39 is 5.60 Å². The van der Waals surface area contributed by atoms with Crippen LogP contribution in [0.3, 0.4) is 0 Å². The van der Waals surface area contributed by atoms with E-state index in [-0.39, 0.29) is 0 Å². The molecule has 1 aromatic rings. The number of unbranched alkanes of at least 4 members (excludes halogenated alkanes) is 1. The third-order valence-electron chi connectivity index (χ3n) is 3.28. The van der Waals surface area contributed by atoms with Crippen molar-refractivity contribution in [1.82, 2.24) is 0 Å². The molecule has 0 aliphatic carbocycles. The van der Waals surface area contributed by atoms with Crippen LogP contribution in [0.1, 0.15) is 57.8 Å². The van der Waals surface area contributed by atoms with Crippen molar-refractivity contribution < 1.29 is 5.11 Å². The molecule has 1 nitrogen and oxygen atoms in total. The first kappa shape index (κ1) is 13.7. The second-order valence-corrected chi connectivity index (χ2v) is 5.82. The lowest BCUT2D eigenvalue weighted by Gasteiger charge is -2.27. The number of aliphatic hydroxyl groups is 1. The highest BCUT2D eigenvalue weighted by molar-refractivity contribution is 7.10. The molecule has 0 aliphatic rings. The van der Waals surface area contributed by atoms with Gasteiger partial charge in [-0.2, -0.15) is 0 Å². The summed E-state index contributed by atoms with van der Waals surface area (Å²) >= 11 is 1.66. The average molecular weight is 240 g/mol. The highest BCUT2D eigenvalue weighted by Crippen LogP contribution is 2.34. The van der Waals surface area contributed by atoms with Crippen LogP contribution in [0.15, 0.2) is 17.5 Å². The molecule has 0 aliphatic heterocycles. The van der Waals surface area contributed by atoms with Crippen molar-refractivity contribution >= 4 is 11.3 Å². The predicted octanol–water partition coefficient (Wildman–Crippen LogP) is 4.56. The Hall–Kier alpha value is -0.340. The maximum atomic E-state index is 10.5. The summed E-state index contributed by atoms with van der Waals surface area (Å²) in [5, 5.41) is 12.5. The molecule has 0 spiro atoms. The van der Waals surface area contributed by atoms with Crippen molar-refractivity contribution in [3.8, 4) is 0 Å². The number of thiophene rings is 1. The van der Waals surface area contributed by atoms with Gasteiger partial charge in [0.15, 0.2) is 0 Å². The molecule has 2 unspecified atom stereocenters. The van der Waals surface area contributed by atoms with Crippen molar-refractivity contribution in [2.24, 2.45) is 5.92 Å². The van der Waals surface area contributed by atoms with Gasteiger partial charge in [-0.3, -0.25) is 0 Å². The fraction of sp³-hybridized carbons (Fsp3) is 0.714. The second-order valence-electron chi connectivity index (χ2n) is 4.87. The van der Waals surface area contributed by atoms with E-state index in [0.717, 1.165) is 11.3 Å². The fourth-order valence-corrected chi connectivity index (χ4v) is 2.99. The minimum Gasteiger partial charge on any atom is -0.385 e. The van der Waals surface area contributed by atoms with Crippen LogP contribution in [0.4, 0.5) is 0 Å². The van der Waals surface area contributed by atoms with Crippen molar-refractivity contribution in [3.63, 3.8) is 0 Å². The van der Waals surface area contributed by atoms with Crippen LogP contribution in [0.2, 0.25) is 0 Å². The molecule has 0 radical (unpaired) electrons. The molecule has 1 rings (SSSR count). The SMILES string of the molecule is CCCCC(CC)CC(C)(O)c1cccs1. The van der Waals surface area contributed by atoms with Gasteiger partial charge in [0.05, 0.1) is 5.60 Å². The van der Waals surface area contributed by atoms with E-state index in [0.29, 0.717) is 5.92 Å². The zero-order chi connectivity index (χ0) is 12.0. The Labute approximate surface area is 104 Å². The molecule has 16 heavy (non-hydrogen) atoms. The maximum Gasteiger partial charge on any atom is 0.0962 e. The van der Waals surface area contributed by atoms with E-state index in [2.05, 4.69) is 13.8 Å². The molecule has 0 saturated carbocycles. The lowest BCUT2D eigenvalue weighted by Crippen LogP contribution is -2.23. The zero-order valence-corrected chi connectivity index (χ0v) is 11.5. The van der Waals surface area contributed by atoms with Gasteiger partial charge >= 0.3 is 0 Å². The monoisotopic (exact) mass is 240 g/mol. The van der Waals surface area contributed by atoms with Gasteiger partial charge in [-0.1, -0.05) is 45.6 Å². The summed E-state index contributed by atoms with van der Waals surface area (Å²) in [6, 6.07) is 4.05. The van der Waals surface area contributed by atoms with Gasteiger partial charge in [0, 0.05) is 4.88 Å². The lowest BCUT2D eigenvalue weighted by molar-refractivity contribution is 0.0310. The zero-order valence-electron chi connectivity index (χ0n) is 10.7. The Morgan fingerprint density at radius 2 is 2.19 bits per heavy atom. The van der Waals surface area contributed by atoms with E-state index in [9.17, 15) is 5.11 Å². The quantitative estimate of drug-likeness (QED) is 0.740. The minimum atomic E-state index is -0.636. The Kier molecular flexibility index (Phi) is 5.50.